The number of hydrogen-bond donors (Lipinski definition) is 2. The highest BCUT2D eigenvalue weighted by Gasteiger charge is 2.33. The van der Waals surface area contributed by atoms with Crippen LogP contribution in [-0.4, -0.2) is 44.0 Å². The molecule has 0 aliphatic carbocycles. The highest BCUT2D eigenvalue weighted by molar-refractivity contribution is 5.22. The molecular formula is C19H27N3O2. The van der Waals surface area contributed by atoms with Gasteiger partial charge in [-0.05, 0) is 38.3 Å². The molecule has 5 nitrogen and oxygen atoms in total. The summed E-state index contributed by atoms with van der Waals surface area (Å²) in [5.74, 6) is 0. The molecule has 0 bridgehead atoms. The molecule has 1 aliphatic heterocycles. The Morgan fingerprint density at radius 3 is 2.75 bits per heavy atom. The van der Waals surface area contributed by atoms with Gasteiger partial charge in [0, 0.05) is 31.4 Å². The number of benzene rings is 1. The van der Waals surface area contributed by atoms with Crippen LogP contribution in [0.3, 0.4) is 0 Å². The molecular weight excluding hydrogens is 302 g/mol. The van der Waals surface area contributed by atoms with Crippen molar-refractivity contribution in [3.05, 3.63) is 53.9 Å². The van der Waals surface area contributed by atoms with E-state index in [4.69, 9.17) is 0 Å². The molecule has 0 saturated carbocycles. The minimum Gasteiger partial charge on any atom is -0.388 e. The summed E-state index contributed by atoms with van der Waals surface area (Å²) in [6, 6.07) is 10.1. The first-order valence-electron chi connectivity index (χ1n) is 8.64. The molecule has 2 aromatic rings. The molecule has 24 heavy (non-hydrogen) atoms. The van der Waals surface area contributed by atoms with Crippen molar-refractivity contribution >= 4 is 0 Å². The van der Waals surface area contributed by atoms with E-state index < -0.39 is 11.7 Å². The van der Waals surface area contributed by atoms with Crippen molar-refractivity contribution in [2.24, 2.45) is 7.05 Å². The molecule has 0 amide bonds. The zero-order valence-corrected chi connectivity index (χ0v) is 14.5. The van der Waals surface area contributed by atoms with E-state index in [9.17, 15) is 10.2 Å². The number of likely N-dealkylation sites (tertiary alicyclic amines) is 1. The fourth-order valence-corrected chi connectivity index (χ4v) is 3.66. The van der Waals surface area contributed by atoms with E-state index in [1.165, 1.54) is 0 Å². The van der Waals surface area contributed by atoms with Gasteiger partial charge in [-0.3, -0.25) is 9.58 Å². The molecule has 2 N–H and O–H groups in total. The van der Waals surface area contributed by atoms with Crippen LogP contribution in [0.25, 0.3) is 0 Å². The molecule has 3 rings (SSSR count). The molecule has 3 atom stereocenters. The normalized spacial score (nSPS) is 22.4. The maximum atomic E-state index is 10.9. The van der Waals surface area contributed by atoms with E-state index in [1.54, 1.807) is 10.9 Å². The number of nitrogens with zero attached hydrogens (tertiary/aromatic N) is 3. The second-order valence-electron chi connectivity index (χ2n) is 7.11. The highest BCUT2D eigenvalue weighted by Crippen LogP contribution is 2.30. The summed E-state index contributed by atoms with van der Waals surface area (Å²) in [7, 11) is 1.86. The lowest BCUT2D eigenvalue weighted by molar-refractivity contribution is 0.00479. The zero-order chi connectivity index (χ0) is 17.2. The molecule has 0 spiro atoms. The molecule has 0 radical (unpaired) electrons. The van der Waals surface area contributed by atoms with Gasteiger partial charge in [-0.15, -0.1) is 0 Å². The van der Waals surface area contributed by atoms with Crippen LogP contribution in [0.5, 0.6) is 0 Å². The highest BCUT2D eigenvalue weighted by atomic mass is 16.3. The Morgan fingerprint density at radius 1 is 1.33 bits per heavy atom. The van der Waals surface area contributed by atoms with E-state index in [0.717, 1.165) is 30.5 Å². The number of aryl methyl sites for hydroxylation is 1. The van der Waals surface area contributed by atoms with Crippen molar-refractivity contribution in [1.29, 1.82) is 0 Å². The van der Waals surface area contributed by atoms with Gasteiger partial charge in [0.05, 0.1) is 17.9 Å². The summed E-state index contributed by atoms with van der Waals surface area (Å²) in [4.78, 5) is 2.31. The topological polar surface area (TPSA) is 61.5 Å². The molecule has 5 heteroatoms. The van der Waals surface area contributed by atoms with Gasteiger partial charge in [0.15, 0.2) is 0 Å². The Balaban J connectivity index is 1.65. The minimum atomic E-state index is -0.886. The van der Waals surface area contributed by atoms with Crippen molar-refractivity contribution in [1.82, 2.24) is 14.7 Å². The predicted molar refractivity (Wildman–Crippen MR) is 93.4 cm³/mol. The fourth-order valence-electron chi connectivity index (χ4n) is 3.66. The number of rotatable bonds is 6. The Hall–Kier alpha value is -1.69. The monoisotopic (exact) mass is 329 g/mol. The lowest BCUT2D eigenvalue weighted by atomic mass is 9.94. The van der Waals surface area contributed by atoms with E-state index in [0.29, 0.717) is 13.0 Å². The third-order valence-electron chi connectivity index (χ3n) is 5.01. The molecule has 1 aromatic carbocycles. The number of aliphatic hydroxyl groups excluding tert-OH is 1. The maximum absolute atomic E-state index is 10.9. The predicted octanol–water partition coefficient (Wildman–Crippen LogP) is 2.22. The van der Waals surface area contributed by atoms with Crippen LogP contribution in [0.4, 0.5) is 0 Å². The summed E-state index contributed by atoms with van der Waals surface area (Å²) in [6.45, 7) is 3.42. The molecule has 2 heterocycles. The van der Waals surface area contributed by atoms with Crippen LogP contribution < -0.4 is 0 Å². The first-order chi connectivity index (χ1) is 11.5. The SMILES string of the molecule is Cn1cc(C(O)CC2CCCN2CC(C)(O)c2ccccc2)cn1. The van der Waals surface area contributed by atoms with Crippen molar-refractivity contribution in [2.45, 2.75) is 43.9 Å². The summed E-state index contributed by atoms with van der Waals surface area (Å²) < 4.78 is 1.71. The summed E-state index contributed by atoms with van der Waals surface area (Å²) >= 11 is 0. The van der Waals surface area contributed by atoms with Gasteiger partial charge in [0.1, 0.15) is 0 Å². The van der Waals surface area contributed by atoms with Crippen LogP contribution in [0.1, 0.15) is 43.4 Å². The van der Waals surface area contributed by atoms with Gasteiger partial charge in [-0.1, -0.05) is 30.3 Å². The largest absolute Gasteiger partial charge is 0.388 e. The van der Waals surface area contributed by atoms with Gasteiger partial charge in [0.2, 0.25) is 0 Å². The number of aliphatic hydroxyl groups is 2. The van der Waals surface area contributed by atoms with Crippen LogP contribution in [-0.2, 0) is 12.6 Å². The van der Waals surface area contributed by atoms with Gasteiger partial charge in [-0.2, -0.15) is 5.10 Å². The van der Waals surface area contributed by atoms with Crippen molar-refractivity contribution in [3.63, 3.8) is 0 Å². The lowest BCUT2D eigenvalue weighted by Gasteiger charge is -2.33. The van der Waals surface area contributed by atoms with E-state index in [2.05, 4.69) is 10.00 Å². The fraction of sp³-hybridized carbons (Fsp3) is 0.526. The molecule has 130 valence electrons. The minimum absolute atomic E-state index is 0.287. The summed E-state index contributed by atoms with van der Waals surface area (Å²) in [5.41, 5.74) is 0.908. The quantitative estimate of drug-likeness (QED) is 0.853. The van der Waals surface area contributed by atoms with E-state index in [-0.39, 0.29) is 6.04 Å². The molecule has 1 aliphatic rings. The van der Waals surface area contributed by atoms with Crippen molar-refractivity contribution in [2.75, 3.05) is 13.1 Å². The second kappa shape index (κ2) is 7.05. The van der Waals surface area contributed by atoms with Gasteiger partial charge in [-0.25, -0.2) is 0 Å². The first kappa shape index (κ1) is 17.1. The number of aromatic nitrogens is 2. The summed E-state index contributed by atoms with van der Waals surface area (Å²) in [5, 5.41) is 25.5. The Morgan fingerprint density at radius 2 is 2.08 bits per heavy atom. The standard InChI is InChI=1S/C19H27N3O2/c1-19(24,16-7-4-3-5-8-16)14-22-10-6-9-17(22)11-18(23)15-12-20-21(2)13-15/h3-5,7-8,12-13,17-18,23-24H,6,9-11,14H2,1-2H3. The lowest BCUT2D eigenvalue weighted by Crippen LogP contribution is -2.42. The van der Waals surface area contributed by atoms with Gasteiger partial charge in [0.25, 0.3) is 0 Å². The number of hydrogen-bond acceptors (Lipinski definition) is 4. The first-order valence-corrected chi connectivity index (χ1v) is 8.64. The van der Waals surface area contributed by atoms with Crippen LogP contribution in [0, 0.1) is 0 Å². The molecule has 1 fully saturated rings. The number of β-amino-alcohol motifs (C(OH)–C–C–N with tert-alkyl or cyclic N) is 1. The molecule has 3 unspecified atom stereocenters. The van der Waals surface area contributed by atoms with E-state index in [1.807, 2.05) is 50.5 Å². The summed E-state index contributed by atoms with van der Waals surface area (Å²) in [6.07, 6.45) is 5.92. The van der Waals surface area contributed by atoms with Crippen LogP contribution >= 0.6 is 0 Å². The third kappa shape index (κ3) is 3.86. The Labute approximate surface area is 143 Å². The zero-order valence-electron chi connectivity index (χ0n) is 14.5. The average molecular weight is 329 g/mol. The van der Waals surface area contributed by atoms with Crippen LogP contribution in [0.15, 0.2) is 42.7 Å². The van der Waals surface area contributed by atoms with Crippen molar-refractivity contribution in [3.8, 4) is 0 Å². The smallest absolute Gasteiger partial charge is 0.0994 e. The second-order valence-corrected chi connectivity index (χ2v) is 7.11. The molecule has 1 saturated heterocycles. The maximum Gasteiger partial charge on any atom is 0.0994 e. The van der Waals surface area contributed by atoms with E-state index >= 15 is 0 Å². The van der Waals surface area contributed by atoms with Crippen molar-refractivity contribution < 1.29 is 10.2 Å². The van der Waals surface area contributed by atoms with Gasteiger partial charge < -0.3 is 10.2 Å². The average Bonchev–Trinajstić information content (AvgIpc) is 3.17. The molecule has 1 aromatic heterocycles. The third-order valence-corrected chi connectivity index (χ3v) is 5.01. The Bertz CT molecular complexity index is 654. The van der Waals surface area contributed by atoms with Crippen LogP contribution in [0.2, 0.25) is 0 Å². The Kier molecular flexibility index (Phi) is 5.04. The van der Waals surface area contributed by atoms with Gasteiger partial charge >= 0.3 is 0 Å².